The van der Waals surface area contributed by atoms with Crippen molar-refractivity contribution in [2.24, 2.45) is 5.73 Å². The van der Waals surface area contributed by atoms with Gasteiger partial charge in [0.15, 0.2) is 5.65 Å². The Hall–Kier alpha value is -3.16. The van der Waals surface area contributed by atoms with E-state index in [9.17, 15) is 4.39 Å². The van der Waals surface area contributed by atoms with Gasteiger partial charge in [0, 0.05) is 46.5 Å². The summed E-state index contributed by atoms with van der Waals surface area (Å²) in [6, 6.07) is 12.8. The maximum absolute atomic E-state index is 14.9. The van der Waals surface area contributed by atoms with Crippen LogP contribution in [-0.2, 0) is 0 Å². The number of nitrogens with two attached hydrogens (primary N) is 2. The van der Waals surface area contributed by atoms with E-state index in [4.69, 9.17) is 28.1 Å². The number of aromatic nitrogens is 3. The highest BCUT2D eigenvalue weighted by atomic mass is 35.5. The Labute approximate surface area is 190 Å². The summed E-state index contributed by atoms with van der Waals surface area (Å²) in [6.07, 6.45) is 3.47. The Morgan fingerprint density at radius 1 is 1.09 bits per heavy atom. The fourth-order valence-corrected chi connectivity index (χ4v) is 4.59. The number of nitrogens with zero attached hydrogens (tertiary/aromatic N) is 4. The zero-order valence-electron chi connectivity index (χ0n) is 17.7. The molecule has 4 aromatic rings. The zero-order chi connectivity index (χ0) is 22.4. The number of aryl methyl sites for hydroxylation is 1. The molecule has 8 heteroatoms. The molecule has 1 saturated heterocycles. The van der Waals surface area contributed by atoms with Gasteiger partial charge in [0.25, 0.3) is 0 Å². The van der Waals surface area contributed by atoms with Gasteiger partial charge < -0.3 is 16.4 Å². The molecule has 0 unspecified atom stereocenters. The Morgan fingerprint density at radius 2 is 1.88 bits per heavy atom. The van der Waals surface area contributed by atoms with E-state index in [0.717, 1.165) is 48.4 Å². The summed E-state index contributed by atoms with van der Waals surface area (Å²) >= 11 is 6.17. The number of anilines is 2. The minimum atomic E-state index is -0.325. The van der Waals surface area contributed by atoms with Crippen molar-refractivity contribution in [3.63, 3.8) is 0 Å². The highest BCUT2D eigenvalue weighted by molar-refractivity contribution is 6.30. The molecule has 1 fully saturated rings. The highest BCUT2D eigenvalue weighted by Gasteiger charge is 2.21. The minimum Gasteiger partial charge on any atom is -0.383 e. The third-order valence-corrected chi connectivity index (χ3v) is 6.36. The fourth-order valence-electron chi connectivity index (χ4n) is 4.40. The number of hydrogen-bond acceptors (Lipinski definition) is 5. The highest BCUT2D eigenvalue weighted by Crippen LogP contribution is 2.35. The van der Waals surface area contributed by atoms with E-state index in [-0.39, 0.29) is 11.9 Å². The van der Waals surface area contributed by atoms with Crippen LogP contribution in [-0.4, -0.2) is 33.7 Å². The third kappa shape index (κ3) is 3.57. The van der Waals surface area contributed by atoms with Crippen LogP contribution in [0.3, 0.4) is 0 Å². The summed E-state index contributed by atoms with van der Waals surface area (Å²) in [6.45, 7) is 3.59. The van der Waals surface area contributed by atoms with E-state index in [2.05, 4.69) is 10.00 Å². The van der Waals surface area contributed by atoms with Gasteiger partial charge in [0.2, 0.25) is 0 Å². The van der Waals surface area contributed by atoms with E-state index >= 15 is 0 Å². The molecule has 0 bridgehead atoms. The first-order valence-electron chi connectivity index (χ1n) is 10.6. The predicted octanol–water partition coefficient (Wildman–Crippen LogP) is 4.67. The summed E-state index contributed by atoms with van der Waals surface area (Å²) in [4.78, 5) is 6.99. The van der Waals surface area contributed by atoms with Crippen LogP contribution in [0.4, 0.5) is 15.9 Å². The van der Waals surface area contributed by atoms with Crippen molar-refractivity contribution >= 4 is 28.8 Å². The molecule has 32 heavy (non-hydrogen) atoms. The Morgan fingerprint density at radius 3 is 2.62 bits per heavy atom. The van der Waals surface area contributed by atoms with Crippen molar-refractivity contribution in [2.45, 2.75) is 25.8 Å². The molecular formula is C24H24ClFN6. The van der Waals surface area contributed by atoms with Gasteiger partial charge in [-0.1, -0.05) is 23.7 Å². The largest absolute Gasteiger partial charge is 0.383 e. The lowest BCUT2D eigenvalue weighted by Crippen LogP contribution is -2.39. The smallest absolute Gasteiger partial charge is 0.165 e. The van der Waals surface area contributed by atoms with Crippen LogP contribution in [0.15, 0.2) is 48.7 Å². The molecule has 4 N–H and O–H groups in total. The van der Waals surface area contributed by atoms with Gasteiger partial charge in [0.05, 0.1) is 11.9 Å². The molecule has 6 nitrogen and oxygen atoms in total. The van der Waals surface area contributed by atoms with Gasteiger partial charge in [-0.2, -0.15) is 9.61 Å². The average Bonchev–Trinajstić information content (AvgIpc) is 3.19. The second kappa shape index (κ2) is 8.07. The van der Waals surface area contributed by atoms with Gasteiger partial charge in [-0.3, -0.25) is 0 Å². The van der Waals surface area contributed by atoms with Crippen molar-refractivity contribution in [3.05, 3.63) is 65.2 Å². The molecule has 0 aliphatic carbocycles. The monoisotopic (exact) mass is 450 g/mol. The van der Waals surface area contributed by atoms with Gasteiger partial charge in [-0.25, -0.2) is 9.37 Å². The number of halogens is 2. The van der Waals surface area contributed by atoms with Gasteiger partial charge in [-0.05, 0) is 55.7 Å². The molecule has 0 amide bonds. The molecule has 164 valence electrons. The molecule has 0 atom stereocenters. The van der Waals surface area contributed by atoms with Crippen LogP contribution in [0.1, 0.15) is 18.5 Å². The van der Waals surface area contributed by atoms with Gasteiger partial charge in [0.1, 0.15) is 11.6 Å². The van der Waals surface area contributed by atoms with Crippen molar-refractivity contribution in [1.82, 2.24) is 14.6 Å². The van der Waals surface area contributed by atoms with E-state index in [1.165, 1.54) is 6.07 Å². The first-order valence-corrected chi connectivity index (χ1v) is 11.0. The van der Waals surface area contributed by atoms with E-state index in [0.29, 0.717) is 27.6 Å². The average molecular weight is 451 g/mol. The lowest BCUT2D eigenvalue weighted by atomic mass is 10.0. The molecule has 0 radical (unpaired) electrons. The fraction of sp³-hybridized carbons (Fsp3) is 0.250. The van der Waals surface area contributed by atoms with Crippen molar-refractivity contribution in [3.8, 4) is 22.3 Å². The van der Waals surface area contributed by atoms with Gasteiger partial charge in [-0.15, -0.1) is 0 Å². The molecule has 3 heterocycles. The molecule has 0 spiro atoms. The zero-order valence-corrected chi connectivity index (χ0v) is 18.5. The van der Waals surface area contributed by atoms with Crippen molar-refractivity contribution < 1.29 is 4.39 Å². The number of fused-ring (bicyclic) bond motifs is 1. The summed E-state index contributed by atoms with van der Waals surface area (Å²) in [5.74, 6) is 0.108. The number of nitrogen functional groups attached to an aromatic ring is 1. The van der Waals surface area contributed by atoms with Crippen LogP contribution in [0.5, 0.6) is 0 Å². The summed E-state index contributed by atoms with van der Waals surface area (Å²) in [5, 5.41) is 5.05. The van der Waals surface area contributed by atoms with E-state index in [1.54, 1.807) is 16.8 Å². The summed E-state index contributed by atoms with van der Waals surface area (Å²) in [7, 11) is 0. The number of rotatable bonds is 3. The first kappa shape index (κ1) is 20.7. The van der Waals surface area contributed by atoms with Crippen LogP contribution in [0, 0.1) is 12.7 Å². The maximum atomic E-state index is 14.9. The second-order valence-electron chi connectivity index (χ2n) is 8.25. The standard InChI is InChI=1S/C24H24ClFN6/c1-14-22(15-3-2-4-16(25)11-15)23(28)32-24(30-14)20(13-29-32)19-12-18(5-6-21(19)26)31-9-7-17(27)8-10-31/h2-6,11-13,17H,7-10,27-28H2,1H3. The van der Waals surface area contributed by atoms with Crippen LogP contribution < -0.4 is 16.4 Å². The number of benzene rings is 2. The van der Waals surface area contributed by atoms with Crippen molar-refractivity contribution in [1.29, 1.82) is 0 Å². The number of piperidine rings is 1. The minimum absolute atomic E-state index is 0.231. The lowest BCUT2D eigenvalue weighted by Gasteiger charge is -2.32. The van der Waals surface area contributed by atoms with Crippen LogP contribution >= 0.6 is 11.6 Å². The Bertz CT molecular complexity index is 1310. The predicted molar refractivity (Wildman–Crippen MR) is 127 cm³/mol. The topological polar surface area (TPSA) is 85.5 Å². The van der Waals surface area contributed by atoms with E-state index < -0.39 is 0 Å². The maximum Gasteiger partial charge on any atom is 0.165 e. The summed E-state index contributed by atoms with van der Waals surface area (Å²) in [5.41, 5.74) is 17.4. The number of hydrogen-bond donors (Lipinski definition) is 2. The third-order valence-electron chi connectivity index (χ3n) is 6.12. The normalized spacial score (nSPS) is 14.9. The molecule has 2 aromatic heterocycles. The molecule has 1 aliphatic rings. The van der Waals surface area contributed by atoms with Crippen LogP contribution in [0.25, 0.3) is 27.9 Å². The quantitative estimate of drug-likeness (QED) is 0.473. The van der Waals surface area contributed by atoms with Crippen molar-refractivity contribution in [2.75, 3.05) is 23.7 Å². The lowest BCUT2D eigenvalue weighted by molar-refractivity contribution is 0.501. The Kier molecular flexibility index (Phi) is 5.23. The first-order chi connectivity index (χ1) is 15.4. The summed E-state index contributed by atoms with van der Waals surface area (Å²) < 4.78 is 16.5. The molecular weight excluding hydrogens is 427 g/mol. The van der Waals surface area contributed by atoms with Gasteiger partial charge >= 0.3 is 0 Å². The Balaban J connectivity index is 1.61. The molecule has 0 saturated carbocycles. The van der Waals surface area contributed by atoms with E-state index in [1.807, 2.05) is 37.3 Å². The molecule has 2 aromatic carbocycles. The second-order valence-corrected chi connectivity index (χ2v) is 8.69. The molecule has 5 rings (SSSR count). The SMILES string of the molecule is Cc1nc2c(-c3cc(N4CCC(N)CC4)ccc3F)cnn2c(N)c1-c1cccc(Cl)c1. The molecule has 1 aliphatic heterocycles. The van der Waals surface area contributed by atoms with Crippen LogP contribution in [0.2, 0.25) is 5.02 Å².